The average molecular weight is 606 g/mol. The van der Waals surface area contributed by atoms with Gasteiger partial charge < -0.3 is 19.5 Å². The van der Waals surface area contributed by atoms with E-state index in [9.17, 15) is 14.7 Å². The fraction of sp³-hybridized carbons (Fsp3) is 0.344. The van der Waals surface area contributed by atoms with Gasteiger partial charge in [-0.1, -0.05) is 36.7 Å². The van der Waals surface area contributed by atoms with Crippen LogP contribution in [0.5, 0.6) is 5.88 Å². The summed E-state index contributed by atoms with van der Waals surface area (Å²) in [6, 6.07) is 12.5. The molecule has 10 heteroatoms. The highest BCUT2D eigenvalue weighted by Crippen LogP contribution is 2.42. The van der Waals surface area contributed by atoms with Crippen LogP contribution in [-0.4, -0.2) is 54.8 Å². The van der Waals surface area contributed by atoms with Crippen molar-refractivity contribution in [2.24, 2.45) is 10.9 Å². The average Bonchev–Trinajstić information content (AvgIpc) is 3.35. The second kappa shape index (κ2) is 11.9. The summed E-state index contributed by atoms with van der Waals surface area (Å²) in [7, 11) is 0. The summed E-state index contributed by atoms with van der Waals surface area (Å²) in [4.78, 5) is 35.0. The predicted molar refractivity (Wildman–Crippen MR) is 168 cm³/mol. The minimum absolute atomic E-state index is 0.258. The smallest absolute Gasteiger partial charge is 0.341 e. The van der Waals surface area contributed by atoms with Crippen LogP contribution in [0.1, 0.15) is 46.6 Å². The molecule has 4 aromatic rings. The number of carbonyl (C=O) groups is 1. The Hall–Kier alpha value is -3.66. The lowest BCUT2D eigenvalue weighted by atomic mass is 9.88. The lowest BCUT2D eigenvalue weighted by molar-refractivity contribution is 0.0526. The number of nitrogens with zero attached hydrogens (tertiary/aromatic N) is 3. The first-order valence-corrected chi connectivity index (χ1v) is 15.4. The van der Waals surface area contributed by atoms with Gasteiger partial charge in [0.25, 0.3) is 5.56 Å². The van der Waals surface area contributed by atoms with E-state index in [1.807, 2.05) is 12.1 Å². The number of aliphatic imine (C=N–C) groups is 1. The van der Waals surface area contributed by atoms with E-state index in [0.29, 0.717) is 69.8 Å². The summed E-state index contributed by atoms with van der Waals surface area (Å²) in [6.45, 7) is 6.68. The van der Waals surface area contributed by atoms with Crippen molar-refractivity contribution in [3.63, 3.8) is 0 Å². The van der Waals surface area contributed by atoms with E-state index >= 15 is 0 Å². The van der Waals surface area contributed by atoms with Crippen molar-refractivity contribution in [3.05, 3.63) is 79.4 Å². The van der Waals surface area contributed by atoms with Crippen LogP contribution in [-0.2, 0) is 22.3 Å². The molecule has 1 N–H and O–H groups in total. The molecule has 1 aliphatic heterocycles. The minimum atomic E-state index is -0.384. The van der Waals surface area contributed by atoms with Crippen LogP contribution >= 0.6 is 22.9 Å². The van der Waals surface area contributed by atoms with Crippen molar-refractivity contribution >= 4 is 56.6 Å². The summed E-state index contributed by atoms with van der Waals surface area (Å²) in [5.41, 5.74) is 2.75. The van der Waals surface area contributed by atoms with Gasteiger partial charge in [0, 0.05) is 40.0 Å². The number of morpholine rings is 1. The second-order valence-electron chi connectivity index (χ2n) is 10.7. The first kappa shape index (κ1) is 28.5. The van der Waals surface area contributed by atoms with Crippen LogP contribution < -0.4 is 10.5 Å². The van der Waals surface area contributed by atoms with Crippen LogP contribution in [0.25, 0.3) is 16.5 Å². The fourth-order valence-corrected chi connectivity index (χ4v) is 7.33. The zero-order valence-electron chi connectivity index (χ0n) is 23.6. The third-order valence-electron chi connectivity index (χ3n) is 7.92. The van der Waals surface area contributed by atoms with Crippen molar-refractivity contribution in [3.8, 4) is 11.6 Å². The number of esters is 1. The molecule has 0 bridgehead atoms. The highest BCUT2D eigenvalue weighted by atomic mass is 35.5. The van der Waals surface area contributed by atoms with Crippen LogP contribution in [0.2, 0.25) is 5.02 Å². The van der Waals surface area contributed by atoms with Crippen LogP contribution in [0, 0.1) is 5.92 Å². The molecule has 1 unspecified atom stereocenters. The molecule has 2 aromatic carbocycles. The molecule has 1 fully saturated rings. The number of aromatic hydroxyl groups is 1. The monoisotopic (exact) mass is 605 g/mol. The number of hydrogen-bond acceptors (Lipinski definition) is 8. The van der Waals surface area contributed by atoms with Gasteiger partial charge in [-0.15, -0.1) is 11.3 Å². The first-order valence-electron chi connectivity index (χ1n) is 14.2. The van der Waals surface area contributed by atoms with Gasteiger partial charge in [-0.25, -0.2) is 14.4 Å². The molecule has 6 rings (SSSR count). The molecule has 0 radical (unpaired) electrons. The van der Waals surface area contributed by atoms with Gasteiger partial charge in [0.05, 0.1) is 42.3 Å². The highest BCUT2D eigenvalue weighted by Gasteiger charge is 2.29. The maximum absolute atomic E-state index is 13.9. The molecule has 2 aliphatic rings. The number of carbonyl (C=O) groups excluding carboxylic acids is 1. The number of thiophene rings is 1. The number of hydrogen-bond donors (Lipinski definition) is 1. The zero-order valence-corrected chi connectivity index (χ0v) is 25.1. The van der Waals surface area contributed by atoms with E-state index < -0.39 is 0 Å². The van der Waals surface area contributed by atoms with E-state index in [1.165, 1.54) is 15.9 Å². The van der Waals surface area contributed by atoms with Gasteiger partial charge in [0.1, 0.15) is 5.00 Å². The second-order valence-corrected chi connectivity index (χ2v) is 12.2. The van der Waals surface area contributed by atoms with Crippen LogP contribution in [0.15, 0.2) is 52.3 Å². The minimum Gasteiger partial charge on any atom is -0.494 e. The van der Waals surface area contributed by atoms with Crippen molar-refractivity contribution in [2.75, 3.05) is 37.8 Å². The largest absolute Gasteiger partial charge is 0.494 e. The molecule has 0 spiro atoms. The van der Waals surface area contributed by atoms with E-state index in [0.717, 1.165) is 35.4 Å². The van der Waals surface area contributed by atoms with Gasteiger partial charge in [0.15, 0.2) is 0 Å². The summed E-state index contributed by atoms with van der Waals surface area (Å²) in [6.07, 6.45) is 4.24. The molecule has 0 saturated carbocycles. The number of aromatic nitrogens is 1. The first-order chi connectivity index (χ1) is 20.4. The summed E-state index contributed by atoms with van der Waals surface area (Å²) >= 11 is 7.93. The van der Waals surface area contributed by atoms with E-state index in [-0.39, 0.29) is 24.0 Å². The Labute approximate surface area is 252 Å². The molecule has 218 valence electrons. The lowest BCUT2D eigenvalue weighted by Crippen LogP contribution is -2.37. The number of fused-ring (bicyclic) bond motifs is 2. The zero-order chi connectivity index (χ0) is 29.4. The van der Waals surface area contributed by atoms with Gasteiger partial charge in [0.2, 0.25) is 5.88 Å². The maximum Gasteiger partial charge on any atom is 0.341 e. The molecular weight excluding hydrogens is 574 g/mol. The maximum atomic E-state index is 13.9. The van der Waals surface area contributed by atoms with Crippen molar-refractivity contribution in [2.45, 2.75) is 33.1 Å². The Bertz CT molecular complexity index is 1760. The van der Waals surface area contributed by atoms with Crippen molar-refractivity contribution in [1.82, 2.24) is 4.57 Å². The highest BCUT2D eigenvalue weighted by molar-refractivity contribution is 7.16. The molecular formula is C32H32ClN3O5S. The standard InChI is InChI=1S/C32H32ClN3O5S/c1-3-41-32(39)28-23-10-8-19(2)16-27(23)42-29(28)34-18-24-21-6-4-5-7-22(21)30(37)36(31(24)38)26-17-20(33)9-11-25(26)35-12-14-40-15-13-35/h4-7,9,11,17-19,38H,3,8,10,12-16H2,1-2H3/b34-18+. The number of ether oxygens (including phenoxy) is 2. The number of benzene rings is 2. The molecule has 0 amide bonds. The topological polar surface area (TPSA) is 93.4 Å². The van der Waals surface area contributed by atoms with Crippen LogP contribution in [0.3, 0.4) is 0 Å². The molecule has 42 heavy (non-hydrogen) atoms. The quantitative estimate of drug-likeness (QED) is 0.205. The van der Waals surface area contributed by atoms with E-state index in [2.05, 4.69) is 11.8 Å². The summed E-state index contributed by atoms with van der Waals surface area (Å²) in [5, 5.41) is 13.7. The van der Waals surface area contributed by atoms with Gasteiger partial charge in [-0.05, 0) is 61.9 Å². The van der Waals surface area contributed by atoms with Crippen LogP contribution in [0.4, 0.5) is 10.7 Å². The van der Waals surface area contributed by atoms with Gasteiger partial charge >= 0.3 is 5.97 Å². The predicted octanol–water partition coefficient (Wildman–Crippen LogP) is 6.30. The Kier molecular flexibility index (Phi) is 8.07. The van der Waals surface area contributed by atoms with Crippen molar-refractivity contribution in [1.29, 1.82) is 0 Å². The Morgan fingerprint density at radius 2 is 1.95 bits per heavy atom. The van der Waals surface area contributed by atoms with E-state index in [1.54, 1.807) is 43.5 Å². The third-order valence-corrected chi connectivity index (χ3v) is 9.31. The number of anilines is 1. The molecule has 1 atom stereocenters. The molecule has 3 heterocycles. The summed E-state index contributed by atoms with van der Waals surface area (Å²) < 4.78 is 12.2. The third kappa shape index (κ3) is 5.21. The Balaban J connectivity index is 1.54. The van der Waals surface area contributed by atoms with Gasteiger partial charge in [-0.2, -0.15) is 0 Å². The summed E-state index contributed by atoms with van der Waals surface area (Å²) in [5.74, 6) is -0.116. The Morgan fingerprint density at radius 3 is 2.71 bits per heavy atom. The molecule has 2 aromatic heterocycles. The fourth-order valence-electron chi connectivity index (χ4n) is 5.82. The number of pyridine rings is 1. The lowest BCUT2D eigenvalue weighted by Gasteiger charge is -2.31. The number of rotatable bonds is 6. The molecule has 1 aliphatic carbocycles. The number of halogens is 1. The van der Waals surface area contributed by atoms with E-state index in [4.69, 9.17) is 26.1 Å². The SMILES string of the molecule is CCOC(=O)c1c(/N=C/c2c(O)n(-c3cc(Cl)ccc3N3CCOCC3)c(=O)c3ccccc23)sc2c1CCC(C)C2. The Morgan fingerprint density at radius 1 is 1.19 bits per heavy atom. The normalized spacial score (nSPS) is 17.1. The molecule has 8 nitrogen and oxygen atoms in total. The van der Waals surface area contributed by atoms with Crippen molar-refractivity contribution < 1.29 is 19.4 Å². The molecule has 1 saturated heterocycles. The van der Waals surface area contributed by atoms with Gasteiger partial charge in [-0.3, -0.25) is 4.79 Å².